The van der Waals surface area contributed by atoms with E-state index in [0.29, 0.717) is 41.2 Å². The summed E-state index contributed by atoms with van der Waals surface area (Å²) < 4.78 is 22.5. The van der Waals surface area contributed by atoms with Gasteiger partial charge in [-0.25, -0.2) is 0 Å². The Morgan fingerprint density at radius 1 is 0.921 bits per heavy atom. The fraction of sp³-hybridized carbons (Fsp3) is 0.419. The molecule has 0 bridgehead atoms. The number of Topliss-reactive ketones (excluding diaryl/α,β-unsaturated/α-hetero) is 1. The first-order valence-corrected chi connectivity index (χ1v) is 13.2. The minimum absolute atomic E-state index is 0.000562. The molecular weight excluding hydrogens is 482 g/mol. The van der Waals surface area contributed by atoms with E-state index in [0.717, 1.165) is 42.7 Å². The molecular formula is C31H35NO6. The number of ketones is 1. The van der Waals surface area contributed by atoms with Gasteiger partial charge in [0.05, 0.1) is 21.3 Å². The molecule has 1 aliphatic heterocycles. The number of hydrogen-bond acceptors (Lipinski definition) is 7. The van der Waals surface area contributed by atoms with Crippen molar-refractivity contribution < 1.29 is 28.5 Å². The van der Waals surface area contributed by atoms with Gasteiger partial charge >= 0.3 is 5.97 Å². The number of carbonyl (C=O) groups is 2. The van der Waals surface area contributed by atoms with Crippen molar-refractivity contribution in [3.63, 3.8) is 0 Å². The van der Waals surface area contributed by atoms with Gasteiger partial charge in [0.1, 0.15) is 29.3 Å². The summed E-state index contributed by atoms with van der Waals surface area (Å²) in [4.78, 5) is 27.6. The van der Waals surface area contributed by atoms with Crippen LogP contribution in [0.1, 0.15) is 61.5 Å². The predicted octanol–water partition coefficient (Wildman–Crippen LogP) is 5.42. The Kier molecular flexibility index (Phi) is 7.45. The van der Waals surface area contributed by atoms with Crippen LogP contribution in [0.3, 0.4) is 0 Å². The maximum Gasteiger partial charge on any atom is 0.316 e. The van der Waals surface area contributed by atoms with E-state index in [1.54, 1.807) is 21.3 Å². The fourth-order valence-corrected chi connectivity index (χ4v) is 6.10. The number of allylic oxidation sites excluding steroid dienone is 2. The largest absolute Gasteiger partial charge is 0.497 e. The van der Waals surface area contributed by atoms with Gasteiger partial charge in [0, 0.05) is 34.9 Å². The lowest BCUT2D eigenvalue weighted by Crippen LogP contribution is -2.42. The summed E-state index contributed by atoms with van der Waals surface area (Å²) in [5.41, 5.74) is 3.71. The smallest absolute Gasteiger partial charge is 0.316 e. The van der Waals surface area contributed by atoms with Crippen molar-refractivity contribution in [2.75, 3.05) is 21.3 Å². The van der Waals surface area contributed by atoms with Crippen molar-refractivity contribution in [1.29, 1.82) is 0 Å². The molecule has 0 saturated heterocycles. The van der Waals surface area contributed by atoms with Crippen LogP contribution in [0.2, 0.25) is 0 Å². The lowest BCUT2D eigenvalue weighted by molar-refractivity contribution is -0.153. The molecule has 3 atom stereocenters. The van der Waals surface area contributed by atoms with Gasteiger partial charge in [0.2, 0.25) is 0 Å². The minimum atomic E-state index is -0.767. The topological polar surface area (TPSA) is 83.1 Å². The second-order valence-electron chi connectivity index (χ2n) is 10.3. The lowest BCUT2D eigenvalue weighted by atomic mass is 9.68. The van der Waals surface area contributed by atoms with Crippen molar-refractivity contribution in [3.05, 3.63) is 77.1 Å². The first-order valence-electron chi connectivity index (χ1n) is 13.2. The van der Waals surface area contributed by atoms with Gasteiger partial charge in [-0.15, -0.1) is 0 Å². The molecule has 2 aromatic carbocycles. The highest BCUT2D eigenvalue weighted by atomic mass is 16.5. The molecule has 1 heterocycles. The molecule has 0 aromatic heterocycles. The average molecular weight is 518 g/mol. The molecule has 38 heavy (non-hydrogen) atoms. The Hall–Kier alpha value is -3.74. The van der Waals surface area contributed by atoms with Crippen LogP contribution < -0.4 is 19.5 Å². The Balaban J connectivity index is 1.58. The number of ether oxygens (including phenoxy) is 4. The summed E-state index contributed by atoms with van der Waals surface area (Å²) in [5, 5.41) is 3.36. The highest BCUT2D eigenvalue weighted by Crippen LogP contribution is 2.50. The van der Waals surface area contributed by atoms with Crippen LogP contribution >= 0.6 is 0 Å². The van der Waals surface area contributed by atoms with Crippen LogP contribution in [0.5, 0.6) is 17.2 Å². The van der Waals surface area contributed by atoms with E-state index in [1.807, 2.05) is 42.5 Å². The minimum Gasteiger partial charge on any atom is -0.497 e. The van der Waals surface area contributed by atoms with Gasteiger partial charge in [0.25, 0.3) is 0 Å². The molecule has 0 amide bonds. The van der Waals surface area contributed by atoms with Crippen LogP contribution in [0, 0.1) is 5.92 Å². The average Bonchev–Trinajstić information content (AvgIpc) is 3.44. The van der Waals surface area contributed by atoms with Gasteiger partial charge in [0.15, 0.2) is 5.78 Å². The first-order chi connectivity index (χ1) is 18.4. The normalized spacial score (nSPS) is 23.5. The highest BCUT2D eigenvalue weighted by Gasteiger charge is 2.47. The number of hydrogen-bond donors (Lipinski definition) is 1. The summed E-state index contributed by atoms with van der Waals surface area (Å²) in [7, 11) is 4.81. The number of esters is 1. The third-order valence-corrected chi connectivity index (χ3v) is 8.04. The van der Waals surface area contributed by atoms with Gasteiger partial charge in [-0.2, -0.15) is 0 Å². The van der Waals surface area contributed by atoms with Crippen LogP contribution in [0.4, 0.5) is 0 Å². The highest BCUT2D eigenvalue weighted by molar-refractivity contribution is 6.01. The van der Waals surface area contributed by atoms with Gasteiger partial charge in [-0.05, 0) is 73.9 Å². The van der Waals surface area contributed by atoms with Crippen LogP contribution in [-0.2, 0) is 14.3 Å². The molecule has 3 aliphatic rings. The molecule has 3 unspecified atom stereocenters. The van der Waals surface area contributed by atoms with E-state index in [-0.39, 0.29) is 23.8 Å². The lowest BCUT2D eigenvalue weighted by Gasteiger charge is -2.40. The van der Waals surface area contributed by atoms with E-state index in [2.05, 4.69) is 11.9 Å². The van der Waals surface area contributed by atoms with E-state index in [4.69, 9.17) is 18.9 Å². The summed E-state index contributed by atoms with van der Waals surface area (Å²) >= 11 is 0. The summed E-state index contributed by atoms with van der Waals surface area (Å²) in [6.07, 6.45) is 4.70. The Bertz CT molecular complexity index is 1260. The maximum atomic E-state index is 13.9. The van der Waals surface area contributed by atoms with Gasteiger partial charge in [-0.3, -0.25) is 9.59 Å². The van der Waals surface area contributed by atoms with E-state index in [1.165, 1.54) is 0 Å². The zero-order valence-corrected chi connectivity index (χ0v) is 22.3. The zero-order chi connectivity index (χ0) is 26.8. The summed E-state index contributed by atoms with van der Waals surface area (Å²) in [5.74, 6) is 0.256. The Morgan fingerprint density at radius 2 is 1.61 bits per heavy atom. The fourth-order valence-electron chi connectivity index (χ4n) is 6.10. The number of carbonyl (C=O) groups excluding carboxylic acids is 2. The van der Waals surface area contributed by atoms with Crippen molar-refractivity contribution in [1.82, 2.24) is 5.32 Å². The Morgan fingerprint density at radius 3 is 2.26 bits per heavy atom. The van der Waals surface area contributed by atoms with Crippen LogP contribution in [0.25, 0.3) is 0 Å². The predicted molar refractivity (Wildman–Crippen MR) is 143 cm³/mol. The van der Waals surface area contributed by atoms with Crippen LogP contribution in [0.15, 0.2) is 66.0 Å². The number of methoxy groups -OCH3 is 3. The second-order valence-corrected chi connectivity index (χ2v) is 10.3. The molecule has 1 saturated carbocycles. The van der Waals surface area contributed by atoms with Crippen LogP contribution in [-0.4, -0.2) is 39.2 Å². The standard InChI is InChI=1S/C31H35NO6/c1-18-28(31(34)38-22-7-5-6-8-22)29(24-17-23(36-3)13-14-27(24)37-4)30-25(32-18)15-20(16-26(30)33)19-9-11-21(35-2)12-10-19/h9-14,17,20,22,28-29,32H,1,5-8,15-16H2,2-4H3. The van der Waals surface area contributed by atoms with Crippen molar-refractivity contribution in [2.45, 2.75) is 56.5 Å². The molecule has 2 aliphatic carbocycles. The van der Waals surface area contributed by atoms with Gasteiger partial charge in [-0.1, -0.05) is 18.7 Å². The van der Waals surface area contributed by atoms with Gasteiger partial charge < -0.3 is 24.3 Å². The summed E-state index contributed by atoms with van der Waals surface area (Å²) in [6.45, 7) is 4.26. The third kappa shape index (κ3) is 4.89. The second kappa shape index (κ2) is 10.9. The first kappa shape index (κ1) is 25.9. The third-order valence-electron chi connectivity index (χ3n) is 8.04. The van der Waals surface area contributed by atoms with E-state index < -0.39 is 11.8 Å². The summed E-state index contributed by atoms with van der Waals surface area (Å²) in [6, 6.07) is 13.3. The van der Waals surface area contributed by atoms with Crippen molar-refractivity contribution in [3.8, 4) is 17.2 Å². The number of nitrogens with one attached hydrogen (secondary N) is 1. The van der Waals surface area contributed by atoms with E-state index >= 15 is 0 Å². The number of benzene rings is 2. The molecule has 5 rings (SSSR count). The molecule has 200 valence electrons. The molecule has 1 N–H and O–H groups in total. The quantitative estimate of drug-likeness (QED) is 0.491. The molecule has 2 aromatic rings. The number of rotatable bonds is 7. The molecule has 1 fully saturated rings. The molecule has 0 radical (unpaired) electrons. The Labute approximate surface area is 223 Å². The zero-order valence-electron chi connectivity index (χ0n) is 22.3. The maximum absolute atomic E-state index is 13.9. The molecule has 7 nitrogen and oxygen atoms in total. The monoisotopic (exact) mass is 517 g/mol. The molecule has 0 spiro atoms. The van der Waals surface area contributed by atoms with Crippen molar-refractivity contribution in [2.24, 2.45) is 5.92 Å². The van der Waals surface area contributed by atoms with E-state index in [9.17, 15) is 9.59 Å². The SMILES string of the molecule is C=C1NC2=C(C(=O)CC(c3ccc(OC)cc3)C2)C(c2cc(OC)ccc2OC)C1C(=O)OC1CCCC1. The molecule has 7 heteroatoms. The van der Waals surface area contributed by atoms with Crippen molar-refractivity contribution >= 4 is 11.8 Å².